The van der Waals surface area contributed by atoms with Gasteiger partial charge in [0.25, 0.3) is 0 Å². The van der Waals surface area contributed by atoms with Crippen LogP contribution in [-0.4, -0.2) is 186 Å². The number of nitrogens with one attached hydrogen (secondary N) is 7. The zero-order chi connectivity index (χ0) is 69.1. The molecule has 0 aromatic heterocycles. The smallest absolute Gasteiger partial charge is 0.548 e. The van der Waals surface area contributed by atoms with Crippen molar-refractivity contribution in [3.05, 3.63) is 12.2 Å². The molecule has 0 spiro atoms. The van der Waals surface area contributed by atoms with Crippen LogP contribution in [0.15, 0.2) is 12.2 Å². The molecule has 29 heteroatoms. The number of aliphatic hydroxyl groups is 1. The predicted octanol–water partition coefficient (Wildman–Crippen LogP) is -2.44. The number of aliphatic carboxylic acids is 2. The maximum absolute atomic E-state index is 13.1. The number of unbranched alkanes of at least 4 members (excludes halogenated alkanes) is 25. The fourth-order valence-electron chi connectivity index (χ4n) is 10.9. The Bertz CT molecular complexity index is 2380. The second-order valence-corrected chi connectivity index (χ2v) is 26.0. The van der Waals surface area contributed by atoms with Crippen molar-refractivity contribution >= 4 is 88.6 Å². The number of Topliss-reactive ketones (excluding diaryl/α,β-unsaturated/α-hetero) is 2. The Morgan fingerprint density at radius 1 is 0.521 bits per heavy atom. The van der Waals surface area contributed by atoms with Crippen molar-refractivity contribution in [3.63, 3.8) is 0 Å². The summed E-state index contributed by atoms with van der Waals surface area (Å²) < 4.78 is 5.41. The number of hydrogen-bond acceptors (Lipinski definition) is 18. The van der Waals surface area contributed by atoms with Gasteiger partial charge in [0.1, 0.15) is 6.61 Å². The van der Waals surface area contributed by atoms with Gasteiger partial charge in [-0.3, -0.25) is 47.9 Å². The van der Waals surface area contributed by atoms with Crippen LogP contribution in [0.5, 0.6) is 0 Å². The van der Waals surface area contributed by atoms with Crippen LogP contribution in [0.2, 0.25) is 0 Å². The van der Waals surface area contributed by atoms with Crippen molar-refractivity contribution in [2.45, 2.75) is 268 Å². The van der Waals surface area contributed by atoms with E-state index in [0.717, 1.165) is 44.9 Å². The topological polar surface area (TPSA) is 388 Å². The standard InChI is InChI=1S/C67H113N9O17S.2Na/c1-3-5-7-9-11-13-15-17-18-20-22-24-26-28-30-35-58(82)72-52(54(79)34-29-27-25-23-21-19-16-14-12-10-8-6-4-2)48-93-65(91)39-38-57(81)69-41-60(84)71-43-62(86)76(47-64(89)90)45-51(78)33-31-32-50(77)44-75(46-63(87)88)61(85)42-70-59(83)40-68-56(80)37-36-55-66-53(49-94-55)73-67(92)74-66;;/h29,34,52-55,66,79H,3-28,30-33,35-49H2,1-2H3,(H,68,80)(H,69,81)(H,70,83)(H,71,84)(H,72,82)(H,87,88)(H,89,90)(H2,73,74,92);;/q;2*+1/p-2/b34-29+;;/t52-,53+,54-,55+,66+;;/m1../s1. The van der Waals surface area contributed by atoms with Gasteiger partial charge in [-0.05, 0) is 32.1 Å². The van der Waals surface area contributed by atoms with E-state index >= 15 is 0 Å². The van der Waals surface area contributed by atoms with Crippen molar-refractivity contribution in [3.8, 4) is 0 Å². The van der Waals surface area contributed by atoms with Crippen molar-refractivity contribution < 1.29 is 142 Å². The van der Waals surface area contributed by atoms with Crippen LogP contribution in [0.25, 0.3) is 0 Å². The zero-order valence-electron chi connectivity index (χ0n) is 58.1. The van der Waals surface area contributed by atoms with Gasteiger partial charge in [-0.25, -0.2) is 4.79 Å². The summed E-state index contributed by atoms with van der Waals surface area (Å²) in [6, 6.07) is -1.33. The van der Waals surface area contributed by atoms with Crippen LogP contribution in [0.3, 0.4) is 0 Å². The Hall–Kier alpha value is -4.64. The second kappa shape index (κ2) is 58.2. The Morgan fingerprint density at radius 3 is 1.41 bits per heavy atom. The average Bonchev–Trinajstić information content (AvgIpc) is 1.67. The van der Waals surface area contributed by atoms with Crippen LogP contribution in [0.4, 0.5) is 4.79 Å². The van der Waals surface area contributed by atoms with E-state index in [1.807, 2.05) is 6.08 Å². The number of ether oxygens (including phenoxy) is 1. The number of carbonyl (C=O) groups is 13. The summed E-state index contributed by atoms with van der Waals surface area (Å²) in [7, 11) is 0. The third-order valence-electron chi connectivity index (χ3n) is 16.4. The van der Waals surface area contributed by atoms with Crippen LogP contribution in [0, 0.1) is 0 Å². The van der Waals surface area contributed by atoms with Crippen LogP contribution >= 0.6 is 11.8 Å². The predicted molar refractivity (Wildman–Crippen MR) is 352 cm³/mol. The molecule has 2 fully saturated rings. The van der Waals surface area contributed by atoms with E-state index in [1.165, 1.54) is 122 Å². The Morgan fingerprint density at radius 2 is 0.948 bits per heavy atom. The van der Waals surface area contributed by atoms with Crippen molar-refractivity contribution in [2.24, 2.45) is 0 Å². The number of amides is 9. The van der Waals surface area contributed by atoms with Gasteiger partial charge in [0, 0.05) is 43.1 Å². The summed E-state index contributed by atoms with van der Waals surface area (Å²) in [5.74, 6) is -10.0. The van der Waals surface area contributed by atoms with E-state index in [9.17, 15) is 77.6 Å². The monoisotopic (exact) mass is 1390 g/mol. The SMILES string of the molecule is CCCCCCCCCCCCC/C=C/[C@@H](O)[C@@H](COC(=O)CCC(=O)NCC(=O)NCC(=O)N(CC(=O)[O-])CC(=O)CCCC(=O)CN(CC(=O)[O-])C(=O)CNC(=O)CNC(=O)CC[C@@H]1SC[C@@H]2NC(=O)N[C@@H]21)NC(=O)CCCCCCCCCCCCCCCCC.[Na+].[Na+]. The number of allylic oxidation sites excluding steroid dienone is 1. The van der Waals surface area contributed by atoms with E-state index < -0.39 is 142 Å². The fourth-order valence-corrected chi connectivity index (χ4v) is 12.4. The number of carboxylic acid groups (broad SMARTS) is 2. The van der Waals surface area contributed by atoms with Crippen LogP contribution < -0.4 is 107 Å². The van der Waals surface area contributed by atoms with Crippen molar-refractivity contribution in [1.82, 2.24) is 47.0 Å². The molecule has 534 valence electrons. The molecular weight excluding hydrogens is 1280 g/mol. The third-order valence-corrected chi connectivity index (χ3v) is 17.9. The normalized spacial score (nSPS) is 15.1. The first-order valence-corrected chi connectivity index (χ1v) is 35.8. The molecule has 0 aromatic carbocycles. The molecule has 2 aliphatic heterocycles. The number of thioether (sulfide) groups is 1. The molecule has 0 unspecified atom stereocenters. The first-order chi connectivity index (χ1) is 45.2. The Labute approximate surface area is 617 Å². The Balaban J connectivity index is 0.0000451. The summed E-state index contributed by atoms with van der Waals surface area (Å²) in [5.41, 5.74) is 0. The number of carbonyl (C=O) groups excluding carboxylic acids is 13. The first kappa shape index (κ1) is 91.4. The van der Waals surface area contributed by atoms with Gasteiger partial charge in [-0.2, -0.15) is 11.8 Å². The second-order valence-electron chi connectivity index (χ2n) is 24.7. The van der Waals surface area contributed by atoms with Crippen LogP contribution in [-0.2, 0) is 62.3 Å². The maximum Gasteiger partial charge on any atom is 1.00 e. The Kier molecular flexibility index (Phi) is 55.4. The molecule has 96 heavy (non-hydrogen) atoms. The zero-order valence-corrected chi connectivity index (χ0v) is 63.0. The van der Waals surface area contributed by atoms with E-state index in [0.29, 0.717) is 28.4 Å². The number of ketones is 2. The van der Waals surface area contributed by atoms with E-state index in [1.54, 1.807) is 17.8 Å². The number of esters is 1. The molecule has 8 N–H and O–H groups in total. The number of urea groups is 1. The molecule has 0 saturated carbocycles. The minimum Gasteiger partial charge on any atom is -0.548 e. The number of fused-ring (bicyclic) bond motifs is 1. The van der Waals surface area contributed by atoms with Crippen molar-refractivity contribution in [2.75, 3.05) is 64.7 Å². The van der Waals surface area contributed by atoms with E-state index in [2.05, 4.69) is 51.1 Å². The number of nitrogens with zero attached hydrogens (tertiary/aromatic N) is 2. The molecule has 9 amide bonds. The number of rotatable bonds is 59. The summed E-state index contributed by atoms with van der Waals surface area (Å²) in [6.45, 7) is -2.13. The molecule has 2 rings (SSSR count). The van der Waals surface area contributed by atoms with Gasteiger partial charge in [0.05, 0.1) is 94.9 Å². The van der Waals surface area contributed by atoms with Gasteiger partial charge in [0.15, 0.2) is 11.6 Å². The summed E-state index contributed by atoms with van der Waals surface area (Å²) in [6.07, 6.45) is 33.4. The van der Waals surface area contributed by atoms with Gasteiger partial charge in [-0.1, -0.05) is 180 Å². The van der Waals surface area contributed by atoms with Gasteiger partial charge < -0.3 is 76.7 Å². The molecule has 2 saturated heterocycles. The molecule has 0 aliphatic carbocycles. The molecule has 0 radical (unpaired) electrons. The fraction of sp³-hybridized carbons (Fsp3) is 0.776. The quantitative estimate of drug-likeness (QED) is 0.0103. The third kappa shape index (κ3) is 47.4. The van der Waals surface area contributed by atoms with Gasteiger partial charge >= 0.3 is 71.1 Å². The number of carboxylic acids is 2. The molecule has 0 aromatic rings. The summed E-state index contributed by atoms with van der Waals surface area (Å²) in [5, 5.41) is 51.7. The summed E-state index contributed by atoms with van der Waals surface area (Å²) in [4.78, 5) is 163. The molecular formula is C67H111N9Na2O17S. The minimum atomic E-state index is -1.73. The maximum atomic E-state index is 13.1. The average molecular weight is 1390 g/mol. The van der Waals surface area contributed by atoms with E-state index in [4.69, 9.17) is 4.74 Å². The molecule has 5 atom stereocenters. The molecule has 2 aliphatic rings. The molecule has 0 bridgehead atoms. The van der Waals surface area contributed by atoms with Crippen LogP contribution in [0.1, 0.15) is 239 Å². The number of hydrogen-bond donors (Lipinski definition) is 8. The van der Waals surface area contributed by atoms with E-state index in [-0.39, 0.29) is 127 Å². The molecule has 2 heterocycles. The van der Waals surface area contributed by atoms with Gasteiger partial charge in [-0.15, -0.1) is 0 Å². The summed E-state index contributed by atoms with van der Waals surface area (Å²) >= 11 is 1.62. The molecule has 26 nitrogen and oxygen atoms in total. The largest absolute Gasteiger partial charge is 1.00 e. The first-order valence-electron chi connectivity index (χ1n) is 34.7. The minimum absolute atomic E-state index is 0. The van der Waals surface area contributed by atoms with Gasteiger partial charge in [0.2, 0.25) is 41.4 Å². The number of aliphatic hydroxyl groups excluding tert-OH is 1. The van der Waals surface area contributed by atoms with Crippen molar-refractivity contribution in [1.29, 1.82) is 0 Å².